The molecule has 0 aliphatic rings. The van der Waals surface area contributed by atoms with Crippen LogP contribution in [0.1, 0.15) is 23.0 Å². The lowest BCUT2D eigenvalue weighted by Gasteiger charge is -2.21. The third kappa shape index (κ3) is 2.51. The van der Waals surface area contributed by atoms with Crippen LogP contribution >= 0.6 is 0 Å². The van der Waals surface area contributed by atoms with Gasteiger partial charge >= 0.3 is 5.97 Å². The molecule has 0 aromatic carbocycles. The van der Waals surface area contributed by atoms with Crippen molar-refractivity contribution in [3.63, 3.8) is 0 Å². The van der Waals surface area contributed by atoms with Gasteiger partial charge in [0.25, 0.3) is 0 Å². The first-order chi connectivity index (χ1) is 7.60. The van der Waals surface area contributed by atoms with Gasteiger partial charge in [-0.05, 0) is 26.0 Å². The second kappa shape index (κ2) is 5.17. The van der Waals surface area contributed by atoms with Crippen molar-refractivity contribution >= 4 is 11.8 Å². The maximum Gasteiger partial charge on any atom is 0.339 e. The zero-order valence-electron chi connectivity index (χ0n) is 9.40. The van der Waals surface area contributed by atoms with Gasteiger partial charge in [-0.3, -0.25) is 0 Å². The number of carboxylic acid groups (broad SMARTS) is 1. The first-order valence-electron chi connectivity index (χ1n) is 4.99. The number of hydrogen-bond donors (Lipinski definition) is 1. The molecule has 0 saturated heterocycles. The quantitative estimate of drug-likeness (QED) is 0.779. The highest BCUT2D eigenvalue weighted by Crippen LogP contribution is 2.18. The Morgan fingerprint density at radius 3 is 2.81 bits per heavy atom. The molecule has 84 valence electrons. The number of carboxylic acids is 1. The van der Waals surface area contributed by atoms with Gasteiger partial charge in [-0.2, -0.15) is 0 Å². The standard InChI is InChI=1S/C12H14N2O2/c1-4-8-14(5-2)11-10(12(15)16)7-6-9(3)13-11/h1,6-7H,5,8H2,2-3H3,(H,15,16). The zero-order chi connectivity index (χ0) is 12.1. The number of aromatic nitrogens is 1. The molecular formula is C12H14N2O2. The first-order valence-corrected chi connectivity index (χ1v) is 4.99. The van der Waals surface area contributed by atoms with Crippen molar-refractivity contribution in [3.8, 4) is 12.3 Å². The molecule has 0 unspecified atom stereocenters. The minimum absolute atomic E-state index is 0.183. The van der Waals surface area contributed by atoms with E-state index in [1.165, 1.54) is 0 Å². The summed E-state index contributed by atoms with van der Waals surface area (Å²) >= 11 is 0. The van der Waals surface area contributed by atoms with E-state index in [2.05, 4.69) is 10.9 Å². The summed E-state index contributed by atoms with van der Waals surface area (Å²) < 4.78 is 0. The second-order valence-corrected chi connectivity index (χ2v) is 3.35. The van der Waals surface area contributed by atoms with Gasteiger partial charge in [0.2, 0.25) is 0 Å². The third-order valence-electron chi connectivity index (χ3n) is 2.21. The van der Waals surface area contributed by atoms with Gasteiger partial charge in [0.1, 0.15) is 11.4 Å². The Hall–Kier alpha value is -2.02. The largest absolute Gasteiger partial charge is 0.478 e. The lowest BCUT2D eigenvalue weighted by atomic mass is 10.2. The average molecular weight is 218 g/mol. The predicted molar refractivity (Wildman–Crippen MR) is 62.7 cm³/mol. The summed E-state index contributed by atoms with van der Waals surface area (Å²) in [6.07, 6.45) is 5.24. The lowest BCUT2D eigenvalue weighted by Crippen LogP contribution is -2.26. The highest BCUT2D eigenvalue weighted by molar-refractivity contribution is 5.93. The second-order valence-electron chi connectivity index (χ2n) is 3.35. The Bertz CT molecular complexity index is 435. The van der Waals surface area contributed by atoms with Crippen molar-refractivity contribution in [3.05, 3.63) is 23.4 Å². The van der Waals surface area contributed by atoms with Crippen molar-refractivity contribution in [2.24, 2.45) is 0 Å². The van der Waals surface area contributed by atoms with Crippen molar-refractivity contribution in [1.29, 1.82) is 0 Å². The molecule has 0 amide bonds. The molecule has 1 aromatic heterocycles. The maximum absolute atomic E-state index is 11.0. The number of carbonyl (C=O) groups is 1. The molecule has 0 fully saturated rings. The molecule has 0 saturated carbocycles. The third-order valence-corrected chi connectivity index (χ3v) is 2.21. The topological polar surface area (TPSA) is 53.4 Å². The molecule has 0 atom stereocenters. The fourth-order valence-corrected chi connectivity index (χ4v) is 1.40. The van der Waals surface area contributed by atoms with Crippen LogP contribution in [0, 0.1) is 19.3 Å². The Kier molecular flexibility index (Phi) is 3.90. The Morgan fingerprint density at radius 2 is 2.31 bits per heavy atom. The van der Waals surface area contributed by atoms with Crippen LogP contribution in [-0.2, 0) is 0 Å². The molecule has 0 bridgehead atoms. The van der Waals surface area contributed by atoms with Crippen molar-refractivity contribution in [2.45, 2.75) is 13.8 Å². The van der Waals surface area contributed by atoms with E-state index in [-0.39, 0.29) is 5.56 Å². The SMILES string of the molecule is C#CCN(CC)c1nc(C)ccc1C(=O)O. The molecule has 16 heavy (non-hydrogen) atoms. The van der Waals surface area contributed by atoms with Crippen LogP contribution in [0.15, 0.2) is 12.1 Å². The first kappa shape index (κ1) is 12.1. The van der Waals surface area contributed by atoms with E-state index in [9.17, 15) is 4.79 Å². The van der Waals surface area contributed by atoms with E-state index >= 15 is 0 Å². The normalized spacial score (nSPS) is 9.56. The predicted octanol–water partition coefficient (Wildman–Crippen LogP) is 1.55. The minimum Gasteiger partial charge on any atom is -0.478 e. The summed E-state index contributed by atoms with van der Waals surface area (Å²) in [5.41, 5.74) is 0.957. The van der Waals surface area contributed by atoms with E-state index < -0.39 is 5.97 Å². The lowest BCUT2D eigenvalue weighted by molar-refractivity contribution is 0.0697. The van der Waals surface area contributed by atoms with Crippen molar-refractivity contribution in [1.82, 2.24) is 4.98 Å². The van der Waals surface area contributed by atoms with E-state index in [0.29, 0.717) is 18.9 Å². The van der Waals surface area contributed by atoms with Crippen molar-refractivity contribution in [2.75, 3.05) is 18.0 Å². The summed E-state index contributed by atoms with van der Waals surface area (Å²) in [5, 5.41) is 9.05. The number of nitrogens with zero attached hydrogens (tertiary/aromatic N) is 2. The van der Waals surface area contributed by atoms with Gasteiger partial charge in [-0.15, -0.1) is 6.42 Å². The minimum atomic E-state index is -0.988. The van der Waals surface area contributed by atoms with E-state index in [0.717, 1.165) is 5.69 Å². The van der Waals surface area contributed by atoms with E-state index in [1.807, 2.05) is 13.8 Å². The molecule has 1 rings (SSSR count). The van der Waals surface area contributed by atoms with E-state index in [4.69, 9.17) is 11.5 Å². The molecule has 4 nitrogen and oxygen atoms in total. The molecule has 1 N–H and O–H groups in total. The number of rotatable bonds is 4. The molecule has 4 heteroatoms. The fraction of sp³-hybridized carbons (Fsp3) is 0.333. The summed E-state index contributed by atoms with van der Waals surface area (Å²) in [5.74, 6) is 1.95. The van der Waals surface area contributed by atoms with Gasteiger partial charge in [0.05, 0.1) is 6.54 Å². The summed E-state index contributed by atoms with van der Waals surface area (Å²) in [4.78, 5) is 17.0. The van der Waals surface area contributed by atoms with Crippen LogP contribution in [0.2, 0.25) is 0 Å². The molecule has 0 radical (unpaired) electrons. The van der Waals surface area contributed by atoms with Crippen LogP contribution in [0.25, 0.3) is 0 Å². The smallest absolute Gasteiger partial charge is 0.339 e. The molecule has 0 spiro atoms. The maximum atomic E-state index is 11.0. The van der Waals surface area contributed by atoms with E-state index in [1.54, 1.807) is 17.0 Å². The molecule has 1 heterocycles. The number of pyridine rings is 1. The van der Waals surface area contributed by atoms with Gasteiger partial charge in [-0.25, -0.2) is 9.78 Å². The van der Waals surface area contributed by atoms with Gasteiger partial charge in [0, 0.05) is 12.2 Å². The monoisotopic (exact) mass is 218 g/mol. The zero-order valence-corrected chi connectivity index (χ0v) is 9.40. The number of aromatic carboxylic acids is 1. The number of terminal acetylenes is 1. The van der Waals surface area contributed by atoms with Crippen LogP contribution in [-0.4, -0.2) is 29.1 Å². The van der Waals surface area contributed by atoms with Crippen LogP contribution < -0.4 is 4.90 Å². The highest BCUT2D eigenvalue weighted by Gasteiger charge is 2.16. The summed E-state index contributed by atoms with van der Waals surface area (Å²) in [6, 6.07) is 3.23. The molecule has 1 aromatic rings. The number of anilines is 1. The Balaban J connectivity index is 3.23. The van der Waals surface area contributed by atoms with Crippen molar-refractivity contribution < 1.29 is 9.90 Å². The van der Waals surface area contributed by atoms with Gasteiger partial charge < -0.3 is 10.0 Å². The Labute approximate surface area is 94.9 Å². The summed E-state index contributed by atoms with van der Waals surface area (Å²) in [6.45, 7) is 4.71. The highest BCUT2D eigenvalue weighted by atomic mass is 16.4. The molecular weight excluding hydrogens is 204 g/mol. The van der Waals surface area contributed by atoms with Crippen LogP contribution in [0.5, 0.6) is 0 Å². The van der Waals surface area contributed by atoms with Gasteiger partial charge in [0.15, 0.2) is 0 Å². The molecule has 0 aliphatic carbocycles. The molecule has 0 aliphatic heterocycles. The van der Waals surface area contributed by atoms with Crippen LogP contribution in [0.4, 0.5) is 5.82 Å². The fourth-order valence-electron chi connectivity index (χ4n) is 1.40. The summed E-state index contributed by atoms with van der Waals surface area (Å²) in [7, 11) is 0. The van der Waals surface area contributed by atoms with Gasteiger partial charge in [-0.1, -0.05) is 5.92 Å². The average Bonchev–Trinajstić information content (AvgIpc) is 2.25. The van der Waals surface area contributed by atoms with Crippen LogP contribution in [0.3, 0.4) is 0 Å². The Morgan fingerprint density at radius 1 is 1.62 bits per heavy atom. The number of hydrogen-bond acceptors (Lipinski definition) is 3. The number of aryl methyl sites for hydroxylation is 1.